The van der Waals surface area contributed by atoms with Crippen LogP contribution >= 0.6 is 8.30 Å². The quantitative estimate of drug-likeness (QED) is 0.706. The van der Waals surface area contributed by atoms with E-state index < -0.39 is 25.6 Å². The van der Waals surface area contributed by atoms with Gasteiger partial charge in [-0.1, -0.05) is 36.4 Å². The molecule has 2 aromatic rings. The number of rotatable bonds is 7. The van der Waals surface area contributed by atoms with Gasteiger partial charge in [0.05, 0.1) is 5.66 Å². The van der Waals surface area contributed by atoms with Crippen molar-refractivity contribution in [3.8, 4) is 0 Å². The van der Waals surface area contributed by atoms with Crippen molar-refractivity contribution < 1.29 is 23.3 Å². The Hall–Kier alpha value is -1.92. The van der Waals surface area contributed by atoms with E-state index in [-0.39, 0.29) is 19.1 Å². The summed E-state index contributed by atoms with van der Waals surface area (Å²) in [5.74, 6) is -2.12. The number of hydroxylamine groups is 2. The van der Waals surface area contributed by atoms with Crippen molar-refractivity contribution in [3.05, 3.63) is 71.3 Å². The zero-order chi connectivity index (χ0) is 19.2. The Labute approximate surface area is 157 Å². The number of hydrogen-bond donors (Lipinski definition) is 2. The maximum absolute atomic E-state index is 13.3. The molecular weight excluding hydrogens is 373 g/mol. The molecule has 1 heterocycles. The molecule has 5 nitrogen and oxygen atoms in total. The first-order chi connectivity index (χ1) is 13.0. The summed E-state index contributed by atoms with van der Waals surface area (Å²) < 4.78 is 26.2. The third kappa shape index (κ3) is 5.30. The molecule has 2 atom stereocenters. The molecule has 0 saturated carbocycles. The molecule has 0 bridgehead atoms. The van der Waals surface area contributed by atoms with Crippen LogP contribution in [-0.4, -0.2) is 28.1 Å². The van der Waals surface area contributed by atoms with E-state index in [4.69, 9.17) is 4.84 Å². The normalized spacial score (nSPS) is 18.6. The molecule has 0 aliphatic carbocycles. The van der Waals surface area contributed by atoms with Crippen LogP contribution in [0.3, 0.4) is 0 Å². The van der Waals surface area contributed by atoms with Gasteiger partial charge in [-0.3, -0.25) is 14.7 Å². The third-order valence-electron chi connectivity index (χ3n) is 4.32. The zero-order valence-electron chi connectivity index (χ0n) is 14.6. The van der Waals surface area contributed by atoms with E-state index in [1.807, 2.05) is 30.3 Å². The molecule has 2 N–H and O–H groups in total. The van der Waals surface area contributed by atoms with Crippen LogP contribution in [0, 0.1) is 11.6 Å². The Kier molecular flexibility index (Phi) is 6.85. The first kappa shape index (κ1) is 19.8. The molecule has 0 spiro atoms. The fraction of sp³-hybridized carbons (Fsp3) is 0.316. The van der Waals surface area contributed by atoms with Crippen molar-refractivity contribution in [1.82, 2.24) is 10.2 Å². The summed E-state index contributed by atoms with van der Waals surface area (Å²) in [4.78, 5) is 28.6. The molecule has 2 unspecified atom stereocenters. The Morgan fingerprint density at radius 2 is 1.93 bits per heavy atom. The van der Waals surface area contributed by atoms with Gasteiger partial charge in [-0.05, 0) is 36.1 Å². The molecule has 1 saturated heterocycles. The van der Waals surface area contributed by atoms with Crippen LogP contribution in [0.2, 0.25) is 0 Å². The van der Waals surface area contributed by atoms with E-state index in [0.29, 0.717) is 18.5 Å². The number of nitrogens with zero attached hydrogens (tertiary/aromatic N) is 1. The van der Waals surface area contributed by atoms with Gasteiger partial charge in [-0.2, -0.15) is 0 Å². The van der Waals surface area contributed by atoms with E-state index in [9.17, 15) is 18.5 Å². The zero-order valence-corrected chi connectivity index (χ0v) is 15.5. The molecular formula is C19H21F2N2O3P. The van der Waals surface area contributed by atoms with Gasteiger partial charge in [0.2, 0.25) is 0 Å². The van der Waals surface area contributed by atoms with Gasteiger partial charge in [0.15, 0.2) is 11.6 Å². The molecule has 0 aromatic heterocycles. The number of amides is 1. The van der Waals surface area contributed by atoms with Crippen molar-refractivity contribution in [1.29, 1.82) is 0 Å². The van der Waals surface area contributed by atoms with Crippen molar-refractivity contribution in [2.75, 3.05) is 6.54 Å². The summed E-state index contributed by atoms with van der Waals surface area (Å²) in [6.45, 7) is 0.910. The molecule has 1 aliphatic heterocycles. The van der Waals surface area contributed by atoms with Crippen LogP contribution in [0.4, 0.5) is 8.78 Å². The Bertz CT molecular complexity index is 779. The van der Waals surface area contributed by atoms with Gasteiger partial charge < -0.3 is 4.89 Å². The molecule has 1 aliphatic rings. The summed E-state index contributed by atoms with van der Waals surface area (Å²) in [5.41, 5.74) is 0.862. The number of nitrogens with one attached hydrogen (secondary N) is 1. The Morgan fingerprint density at radius 1 is 1.15 bits per heavy atom. The average Bonchev–Trinajstić information content (AvgIpc) is 2.68. The first-order valence-electron chi connectivity index (χ1n) is 8.68. The monoisotopic (exact) mass is 394 g/mol. The fourth-order valence-corrected chi connectivity index (χ4v) is 4.17. The minimum absolute atomic E-state index is 0.147. The van der Waals surface area contributed by atoms with Gasteiger partial charge >= 0.3 is 0 Å². The average molecular weight is 394 g/mol. The van der Waals surface area contributed by atoms with Gasteiger partial charge in [-0.25, -0.2) is 13.8 Å². The molecule has 0 radical (unpaired) electrons. The van der Waals surface area contributed by atoms with Crippen molar-refractivity contribution in [2.45, 2.75) is 31.7 Å². The van der Waals surface area contributed by atoms with Crippen molar-refractivity contribution in [2.24, 2.45) is 0 Å². The van der Waals surface area contributed by atoms with Crippen LogP contribution < -0.4 is 5.09 Å². The molecule has 2 aromatic carbocycles. The lowest BCUT2D eigenvalue weighted by molar-refractivity contribution is -0.196. The second-order valence-electron chi connectivity index (χ2n) is 6.29. The molecule has 3 rings (SSSR count). The fourth-order valence-electron chi connectivity index (χ4n) is 2.84. The number of hydrogen-bond acceptors (Lipinski definition) is 4. The number of piperidine rings is 1. The summed E-state index contributed by atoms with van der Waals surface area (Å²) in [7, 11) is -1.81. The number of benzene rings is 2. The largest absolute Gasteiger partial charge is 0.358 e. The lowest BCUT2D eigenvalue weighted by atomic mass is 10.1. The van der Waals surface area contributed by atoms with Crippen LogP contribution in [0.25, 0.3) is 0 Å². The number of halogens is 2. The van der Waals surface area contributed by atoms with Crippen LogP contribution in [0.15, 0.2) is 48.5 Å². The minimum atomic E-state index is -1.81. The van der Waals surface area contributed by atoms with Gasteiger partial charge in [0.1, 0.15) is 14.9 Å². The van der Waals surface area contributed by atoms with Gasteiger partial charge in [0, 0.05) is 13.1 Å². The summed E-state index contributed by atoms with van der Waals surface area (Å²) in [5, 5.41) is 4.18. The van der Waals surface area contributed by atoms with Crippen molar-refractivity contribution >= 4 is 14.2 Å². The summed E-state index contributed by atoms with van der Waals surface area (Å²) >= 11 is 0. The van der Waals surface area contributed by atoms with Gasteiger partial charge in [-0.15, -0.1) is 0 Å². The highest BCUT2D eigenvalue weighted by molar-refractivity contribution is 7.51. The smallest absolute Gasteiger partial charge is 0.257 e. The van der Waals surface area contributed by atoms with E-state index in [2.05, 4.69) is 5.09 Å². The predicted molar refractivity (Wildman–Crippen MR) is 98.3 cm³/mol. The maximum Gasteiger partial charge on any atom is 0.257 e. The second kappa shape index (κ2) is 9.33. The van der Waals surface area contributed by atoms with E-state index in [1.54, 1.807) is 0 Å². The lowest BCUT2D eigenvalue weighted by Gasteiger charge is -2.33. The van der Waals surface area contributed by atoms with Gasteiger partial charge in [0.25, 0.3) is 5.91 Å². The molecule has 8 heteroatoms. The molecule has 144 valence electrons. The van der Waals surface area contributed by atoms with Crippen molar-refractivity contribution in [3.63, 3.8) is 0 Å². The molecule has 1 fully saturated rings. The third-order valence-corrected chi connectivity index (χ3v) is 5.88. The van der Waals surface area contributed by atoms with Crippen LogP contribution in [0.5, 0.6) is 0 Å². The number of carbonyl (C=O) groups is 1. The maximum atomic E-state index is 13.3. The molecule has 27 heavy (non-hydrogen) atoms. The topological polar surface area (TPSA) is 61.8 Å². The van der Waals surface area contributed by atoms with Crippen LogP contribution in [-0.2, 0) is 22.8 Å². The van der Waals surface area contributed by atoms with E-state index in [0.717, 1.165) is 24.1 Å². The highest BCUT2D eigenvalue weighted by Crippen LogP contribution is 2.38. The lowest BCUT2D eigenvalue weighted by Crippen LogP contribution is -2.44. The Morgan fingerprint density at radius 3 is 2.67 bits per heavy atom. The van der Waals surface area contributed by atoms with E-state index >= 15 is 0 Å². The second-order valence-corrected chi connectivity index (χ2v) is 7.91. The standard InChI is InChI=1S/C19H21F2N2O3P/c20-16-9-8-15(11-17(16)21)12-22-27(25)18-7-4-10-23(19(18)24)26-13-14-5-2-1-3-6-14/h1-3,5-6,8-9,11,18,22,25H,4,7,10,12-13H2. The summed E-state index contributed by atoms with van der Waals surface area (Å²) in [6.07, 6.45) is 1.27. The van der Waals surface area contributed by atoms with E-state index in [1.165, 1.54) is 11.1 Å². The first-order valence-corrected chi connectivity index (χ1v) is 10.0. The highest BCUT2D eigenvalue weighted by Gasteiger charge is 2.35. The minimum Gasteiger partial charge on any atom is -0.358 e. The highest BCUT2D eigenvalue weighted by atomic mass is 31.2. The van der Waals surface area contributed by atoms with Crippen LogP contribution in [0.1, 0.15) is 24.0 Å². The predicted octanol–water partition coefficient (Wildman–Crippen LogP) is 3.48. The summed E-state index contributed by atoms with van der Waals surface area (Å²) in [6, 6.07) is 13.1. The Balaban J connectivity index is 1.53. The molecule has 1 amide bonds. The SMILES string of the molecule is O=C1C(P(O)NCc2ccc(F)c(F)c2)CCCN1OCc1ccccc1. The number of carbonyl (C=O) groups excluding carboxylic acids is 1.